The molecule has 1 unspecified atom stereocenters. The van der Waals surface area contributed by atoms with Crippen LogP contribution in [0.2, 0.25) is 10.0 Å². The van der Waals surface area contributed by atoms with Crippen LogP contribution < -0.4 is 0 Å². The first kappa shape index (κ1) is 14.9. The van der Waals surface area contributed by atoms with Crippen LogP contribution in [0.5, 0.6) is 0 Å². The molecule has 0 aromatic heterocycles. The fraction of sp³-hybridized carbons (Fsp3) is 0.294. The Bertz CT molecular complexity index is 597. The first-order valence-corrected chi connectivity index (χ1v) is 7.69. The zero-order valence-electron chi connectivity index (χ0n) is 11.4. The molecule has 21 heavy (non-hydrogen) atoms. The molecule has 4 heteroatoms. The van der Waals surface area contributed by atoms with Crippen LogP contribution in [0.3, 0.4) is 0 Å². The van der Waals surface area contributed by atoms with E-state index in [1.54, 1.807) is 0 Å². The van der Waals surface area contributed by atoms with Crippen LogP contribution in [0.15, 0.2) is 48.5 Å². The number of ether oxygens (including phenoxy) is 1. The van der Waals surface area contributed by atoms with Crippen LogP contribution in [0.4, 0.5) is 0 Å². The maximum absolute atomic E-state index is 9.82. The van der Waals surface area contributed by atoms with E-state index in [0.717, 1.165) is 17.5 Å². The Labute approximate surface area is 134 Å². The molecule has 0 saturated carbocycles. The van der Waals surface area contributed by atoms with Crippen LogP contribution >= 0.6 is 23.2 Å². The first-order chi connectivity index (χ1) is 10.2. The Kier molecular flexibility index (Phi) is 4.23. The molecule has 110 valence electrons. The summed E-state index contributed by atoms with van der Waals surface area (Å²) in [6.07, 6.45) is 0.801. The highest BCUT2D eigenvalue weighted by Crippen LogP contribution is 2.47. The van der Waals surface area contributed by atoms with E-state index in [9.17, 15) is 5.11 Å². The number of aliphatic hydroxyl groups excluding tert-OH is 1. The highest BCUT2D eigenvalue weighted by molar-refractivity contribution is 6.31. The molecule has 2 aromatic carbocycles. The van der Waals surface area contributed by atoms with E-state index >= 15 is 0 Å². The van der Waals surface area contributed by atoms with E-state index in [4.69, 9.17) is 27.9 Å². The lowest BCUT2D eigenvalue weighted by Crippen LogP contribution is -2.35. The van der Waals surface area contributed by atoms with Gasteiger partial charge in [0.2, 0.25) is 0 Å². The maximum Gasteiger partial charge on any atom is 0.123 e. The van der Waals surface area contributed by atoms with E-state index in [-0.39, 0.29) is 12.5 Å². The molecule has 3 rings (SSSR count). The summed E-state index contributed by atoms with van der Waals surface area (Å²) in [7, 11) is 0. The van der Waals surface area contributed by atoms with Crippen molar-refractivity contribution < 1.29 is 9.84 Å². The molecule has 0 radical (unpaired) electrons. The molecule has 1 aliphatic heterocycles. The molecule has 0 bridgehead atoms. The lowest BCUT2D eigenvalue weighted by molar-refractivity contribution is -0.00430. The Morgan fingerprint density at radius 2 is 1.62 bits per heavy atom. The van der Waals surface area contributed by atoms with Crippen molar-refractivity contribution in [2.75, 3.05) is 13.2 Å². The van der Waals surface area contributed by atoms with Crippen molar-refractivity contribution in [2.24, 2.45) is 5.92 Å². The quantitative estimate of drug-likeness (QED) is 0.914. The first-order valence-electron chi connectivity index (χ1n) is 6.93. The molecule has 1 heterocycles. The van der Waals surface area contributed by atoms with Crippen LogP contribution in [-0.2, 0) is 10.3 Å². The third-order valence-corrected chi connectivity index (χ3v) is 4.57. The minimum atomic E-state index is -0.690. The fourth-order valence-electron chi connectivity index (χ4n) is 3.15. The van der Waals surface area contributed by atoms with Gasteiger partial charge in [-0.05, 0) is 41.8 Å². The lowest BCUT2D eigenvalue weighted by Gasteiger charge is -2.35. The minimum Gasteiger partial charge on any atom is -0.396 e. The normalized spacial score (nSPS) is 20.6. The zero-order valence-corrected chi connectivity index (χ0v) is 12.9. The summed E-state index contributed by atoms with van der Waals surface area (Å²) >= 11 is 12.3. The van der Waals surface area contributed by atoms with Gasteiger partial charge in [0, 0.05) is 29.2 Å². The average Bonchev–Trinajstić information content (AvgIpc) is 2.92. The van der Waals surface area contributed by atoms with Crippen molar-refractivity contribution in [2.45, 2.75) is 12.0 Å². The van der Waals surface area contributed by atoms with E-state index in [1.807, 2.05) is 48.5 Å². The smallest absolute Gasteiger partial charge is 0.123 e. The Morgan fingerprint density at radius 1 is 1.05 bits per heavy atom. The topological polar surface area (TPSA) is 29.5 Å². The van der Waals surface area contributed by atoms with Gasteiger partial charge in [0.15, 0.2) is 0 Å². The SMILES string of the molecule is OCC1CCOC1(c1cccc(Cl)c1)c1cccc(Cl)c1. The third kappa shape index (κ3) is 2.58. The number of halogens is 2. The Balaban J connectivity index is 2.20. The summed E-state index contributed by atoms with van der Waals surface area (Å²) in [5, 5.41) is 11.1. The number of hydrogen-bond acceptors (Lipinski definition) is 2. The van der Waals surface area contributed by atoms with Crippen molar-refractivity contribution in [1.29, 1.82) is 0 Å². The van der Waals surface area contributed by atoms with Crippen molar-refractivity contribution in [1.82, 2.24) is 0 Å². The molecular formula is C17H16Cl2O2. The van der Waals surface area contributed by atoms with Gasteiger partial charge in [-0.3, -0.25) is 0 Å². The van der Waals surface area contributed by atoms with Gasteiger partial charge in [-0.25, -0.2) is 0 Å². The van der Waals surface area contributed by atoms with E-state index in [2.05, 4.69) is 0 Å². The number of benzene rings is 2. The molecule has 0 spiro atoms. The number of rotatable bonds is 3. The molecule has 0 aliphatic carbocycles. The molecule has 1 aliphatic rings. The van der Waals surface area contributed by atoms with Gasteiger partial charge in [0.1, 0.15) is 5.60 Å². The summed E-state index contributed by atoms with van der Waals surface area (Å²) in [5.41, 5.74) is 1.22. The molecule has 1 N–H and O–H groups in total. The monoisotopic (exact) mass is 322 g/mol. The van der Waals surface area contributed by atoms with Gasteiger partial charge in [-0.2, -0.15) is 0 Å². The van der Waals surface area contributed by atoms with Gasteiger partial charge in [-0.15, -0.1) is 0 Å². The lowest BCUT2D eigenvalue weighted by atomic mass is 9.76. The zero-order chi connectivity index (χ0) is 14.9. The van der Waals surface area contributed by atoms with Crippen LogP contribution in [0.25, 0.3) is 0 Å². The predicted molar refractivity (Wildman–Crippen MR) is 84.8 cm³/mol. The minimum absolute atomic E-state index is 0.0190. The largest absolute Gasteiger partial charge is 0.396 e. The van der Waals surface area contributed by atoms with E-state index in [1.165, 1.54) is 0 Å². The van der Waals surface area contributed by atoms with Gasteiger partial charge in [0.25, 0.3) is 0 Å². The molecule has 1 atom stereocenters. The van der Waals surface area contributed by atoms with Gasteiger partial charge < -0.3 is 9.84 Å². The molecule has 1 fully saturated rings. The second-order valence-corrected chi connectivity index (χ2v) is 6.15. The fourth-order valence-corrected chi connectivity index (χ4v) is 3.53. The highest BCUT2D eigenvalue weighted by atomic mass is 35.5. The van der Waals surface area contributed by atoms with Gasteiger partial charge in [-0.1, -0.05) is 47.5 Å². The van der Waals surface area contributed by atoms with E-state index in [0.29, 0.717) is 16.7 Å². The van der Waals surface area contributed by atoms with Crippen LogP contribution in [0, 0.1) is 5.92 Å². The molecule has 1 saturated heterocycles. The second kappa shape index (κ2) is 5.98. The van der Waals surface area contributed by atoms with Crippen LogP contribution in [-0.4, -0.2) is 18.3 Å². The van der Waals surface area contributed by atoms with Gasteiger partial charge in [0.05, 0.1) is 0 Å². The van der Waals surface area contributed by atoms with E-state index < -0.39 is 5.60 Å². The summed E-state index contributed by atoms with van der Waals surface area (Å²) in [4.78, 5) is 0. The molecular weight excluding hydrogens is 307 g/mol. The Hall–Kier alpha value is -1.06. The standard InChI is InChI=1S/C17H16Cl2O2/c18-15-5-1-3-12(9-15)17(14(11-20)7-8-21-17)13-4-2-6-16(19)10-13/h1-6,9-10,14,20H,7-8,11H2. The molecule has 2 nitrogen and oxygen atoms in total. The number of aliphatic hydroxyl groups is 1. The molecule has 0 amide bonds. The van der Waals surface area contributed by atoms with Crippen molar-refractivity contribution in [3.8, 4) is 0 Å². The maximum atomic E-state index is 9.82. The Morgan fingerprint density at radius 3 is 2.10 bits per heavy atom. The molecule has 2 aromatic rings. The average molecular weight is 323 g/mol. The highest BCUT2D eigenvalue weighted by Gasteiger charge is 2.47. The summed E-state index contributed by atoms with van der Waals surface area (Å²) < 4.78 is 6.15. The summed E-state index contributed by atoms with van der Waals surface area (Å²) in [6, 6.07) is 15.2. The summed E-state index contributed by atoms with van der Waals surface area (Å²) in [6.45, 7) is 0.656. The van der Waals surface area contributed by atoms with Gasteiger partial charge >= 0.3 is 0 Å². The van der Waals surface area contributed by atoms with Crippen LogP contribution in [0.1, 0.15) is 17.5 Å². The predicted octanol–water partition coefficient (Wildman–Crippen LogP) is 4.27. The second-order valence-electron chi connectivity index (χ2n) is 5.27. The van der Waals surface area contributed by atoms with Crippen molar-refractivity contribution in [3.63, 3.8) is 0 Å². The third-order valence-electron chi connectivity index (χ3n) is 4.10. The summed E-state index contributed by atoms with van der Waals surface area (Å²) in [5.74, 6) is -0.0190. The van der Waals surface area contributed by atoms with Crippen molar-refractivity contribution >= 4 is 23.2 Å². The van der Waals surface area contributed by atoms with Crippen molar-refractivity contribution in [3.05, 3.63) is 69.7 Å². The number of hydrogen-bond donors (Lipinski definition) is 1.